The lowest BCUT2D eigenvalue weighted by Gasteiger charge is -2.20. The summed E-state index contributed by atoms with van der Waals surface area (Å²) >= 11 is 0. The SMILES string of the molecule is C[Si](C)(C)c1ccc(-c2cccc(-c3cccc(-c4ccc5c6c(cccc46)-c4c-5c(-c5ccccc5)c5ccccc5c4-c4ccccc4)n3)n2)cc1. The molecule has 0 bridgehead atoms. The Bertz CT molecular complexity index is 2800. The molecule has 0 unspecified atom stereocenters. The number of nitrogens with zero attached hydrogens (tertiary/aromatic N) is 2. The zero-order chi connectivity index (χ0) is 36.4. The molecule has 1 aliphatic carbocycles. The molecule has 256 valence electrons. The summed E-state index contributed by atoms with van der Waals surface area (Å²) in [5.41, 5.74) is 16.0. The van der Waals surface area contributed by atoms with Crippen LogP contribution in [0.5, 0.6) is 0 Å². The van der Waals surface area contributed by atoms with Gasteiger partial charge in [0.05, 0.1) is 30.8 Å². The van der Waals surface area contributed by atoms with Crippen LogP contribution in [-0.2, 0) is 0 Å². The lowest BCUT2D eigenvalue weighted by Crippen LogP contribution is -2.37. The summed E-state index contributed by atoms with van der Waals surface area (Å²) in [6.07, 6.45) is 0. The second kappa shape index (κ2) is 12.6. The molecule has 0 spiro atoms. The molecule has 1 aliphatic rings. The Kier molecular flexibility index (Phi) is 7.53. The Morgan fingerprint density at radius 2 is 0.778 bits per heavy atom. The Balaban J connectivity index is 1.15. The number of hydrogen-bond acceptors (Lipinski definition) is 2. The third kappa shape index (κ3) is 5.23. The van der Waals surface area contributed by atoms with Crippen molar-refractivity contribution < 1.29 is 0 Å². The summed E-state index contributed by atoms with van der Waals surface area (Å²) < 4.78 is 0. The lowest BCUT2D eigenvalue weighted by atomic mass is 9.82. The average molecular weight is 707 g/mol. The average Bonchev–Trinajstić information content (AvgIpc) is 3.55. The van der Waals surface area contributed by atoms with Gasteiger partial charge in [0.25, 0.3) is 0 Å². The molecule has 54 heavy (non-hydrogen) atoms. The fourth-order valence-corrected chi connectivity index (χ4v) is 9.61. The van der Waals surface area contributed by atoms with E-state index < -0.39 is 8.07 Å². The van der Waals surface area contributed by atoms with Crippen LogP contribution in [0.2, 0.25) is 19.6 Å². The van der Waals surface area contributed by atoms with Gasteiger partial charge in [-0.2, -0.15) is 0 Å². The number of fused-ring (bicyclic) bond motifs is 4. The molecule has 2 heterocycles. The number of rotatable bonds is 6. The molecular formula is C51H38N2Si. The van der Waals surface area contributed by atoms with Gasteiger partial charge in [-0.1, -0.05) is 176 Å². The summed E-state index contributed by atoms with van der Waals surface area (Å²) in [6, 6.07) is 63.7. The van der Waals surface area contributed by atoms with Gasteiger partial charge in [0.1, 0.15) is 0 Å². The molecule has 0 fully saturated rings. The van der Waals surface area contributed by atoms with Crippen LogP contribution in [-0.4, -0.2) is 18.0 Å². The molecular weight excluding hydrogens is 669 g/mol. The standard InChI is InChI=1S/C51H38N2Si/c1-54(2,3)36-29-27-33(28-30-36)43-23-13-25-45(52-43)46-26-14-24-44(53-46)37-31-32-42-49-38(37)21-12-22-41(49)50-47(34-15-6-4-7-16-34)39-19-10-11-20-40(39)48(51(42)50)35-17-8-5-9-18-35/h4-32H,1-3H3. The Morgan fingerprint density at radius 3 is 1.37 bits per heavy atom. The normalized spacial score (nSPS) is 12.0. The molecule has 2 aromatic heterocycles. The maximum Gasteiger partial charge on any atom is 0.0893 e. The molecule has 0 N–H and O–H groups in total. The first-order valence-corrected chi connectivity index (χ1v) is 22.3. The van der Waals surface area contributed by atoms with Gasteiger partial charge in [-0.05, 0) is 90.3 Å². The highest BCUT2D eigenvalue weighted by molar-refractivity contribution is 6.88. The van der Waals surface area contributed by atoms with Gasteiger partial charge in [-0.3, -0.25) is 0 Å². The Hall–Kier alpha value is -6.42. The van der Waals surface area contributed by atoms with Crippen molar-refractivity contribution >= 4 is 34.8 Å². The smallest absolute Gasteiger partial charge is 0.0893 e. The first-order chi connectivity index (χ1) is 26.4. The molecule has 0 saturated carbocycles. The van der Waals surface area contributed by atoms with E-state index in [2.05, 4.69) is 196 Å². The van der Waals surface area contributed by atoms with Gasteiger partial charge in [0.15, 0.2) is 0 Å². The van der Waals surface area contributed by atoms with E-state index in [0.29, 0.717) is 0 Å². The van der Waals surface area contributed by atoms with Crippen molar-refractivity contribution in [1.29, 1.82) is 0 Å². The molecule has 0 atom stereocenters. The van der Waals surface area contributed by atoms with Crippen molar-refractivity contribution in [3.05, 3.63) is 176 Å². The van der Waals surface area contributed by atoms with Crippen LogP contribution in [0, 0.1) is 0 Å². The first-order valence-electron chi connectivity index (χ1n) is 18.8. The molecule has 0 saturated heterocycles. The first kappa shape index (κ1) is 32.2. The van der Waals surface area contributed by atoms with Crippen LogP contribution in [0.15, 0.2) is 176 Å². The monoisotopic (exact) mass is 706 g/mol. The number of hydrogen-bond donors (Lipinski definition) is 0. The van der Waals surface area contributed by atoms with Crippen molar-refractivity contribution in [2.75, 3.05) is 0 Å². The predicted octanol–water partition coefficient (Wildman–Crippen LogP) is 13.3. The number of aromatic nitrogens is 2. The van der Waals surface area contributed by atoms with Crippen molar-refractivity contribution in [2.24, 2.45) is 0 Å². The van der Waals surface area contributed by atoms with E-state index in [1.54, 1.807) is 0 Å². The number of benzene rings is 7. The van der Waals surface area contributed by atoms with Gasteiger partial charge in [0.2, 0.25) is 0 Å². The van der Waals surface area contributed by atoms with Crippen molar-refractivity contribution in [1.82, 2.24) is 9.97 Å². The van der Waals surface area contributed by atoms with Crippen LogP contribution in [0.3, 0.4) is 0 Å². The van der Waals surface area contributed by atoms with E-state index in [-0.39, 0.29) is 0 Å². The zero-order valence-electron chi connectivity index (χ0n) is 30.6. The molecule has 2 nitrogen and oxygen atoms in total. The molecule has 0 aliphatic heterocycles. The maximum atomic E-state index is 5.29. The molecule has 9 aromatic rings. The Morgan fingerprint density at radius 1 is 0.315 bits per heavy atom. The maximum absolute atomic E-state index is 5.29. The van der Waals surface area contributed by atoms with Crippen LogP contribution in [0.1, 0.15) is 0 Å². The minimum absolute atomic E-state index is 0.864. The van der Waals surface area contributed by atoms with E-state index >= 15 is 0 Å². The summed E-state index contributed by atoms with van der Waals surface area (Å²) in [5.74, 6) is 0. The minimum Gasteiger partial charge on any atom is -0.246 e. The fraction of sp³-hybridized carbons (Fsp3) is 0.0588. The fourth-order valence-electron chi connectivity index (χ4n) is 8.44. The van der Waals surface area contributed by atoms with Crippen molar-refractivity contribution in [3.8, 4) is 78.4 Å². The molecule has 10 rings (SSSR count). The minimum atomic E-state index is -1.38. The largest absolute Gasteiger partial charge is 0.246 e. The van der Waals surface area contributed by atoms with Gasteiger partial charge >= 0.3 is 0 Å². The Labute approximate surface area is 317 Å². The van der Waals surface area contributed by atoms with Crippen LogP contribution in [0.4, 0.5) is 0 Å². The third-order valence-corrected chi connectivity index (χ3v) is 13.1. The van der Waals surface area contributed by atoms with E-state index in [9.17, 15) is 0 Å². The van der Waals surface area contributed by atoms with Crippen molar-refractivity contribution in [2.45, 2.75) is 19.6 Å². The predicted molar refractivity (Wildman–Crippen MR) is 232 cm³/mol. The molecule has 0 amide bonds. The summed E-state index contributed by atoms with van der Waals surface area (Å²) in [7, 11) is -1.38. The van der Waals surface area contributed by atoms with Crippen molar-refractivity contribution in [3.63, 3.8) is 0 Å². The number of pyridine rings is 2. The van der Waals surface area contributed by atoms with Crippen LogP contribution in [0.25, 0.3) is 100.0 Å². The van der Waals surface area contributed by atoms with Crippen LogP contribution < -0.4 is 5.19 Å². The summed E-state index contributed by atoms with van der Waals surface area (Å²) in [4.78, 5) is 10.4. The van der Waals surface area contributed by atoms with E-state index in [1.807, 2.05) is 0 Å². The molecule has 3 heteroatoms. The highest BCUT2D eigenvalue weighted by Gasteiger charge is 2.31. The molecule has 0 radical (unpaired) electrons. The molecule has 7 aromatic carbocycles. The second-order valence-corrected chi connectivity index (χ2v) is 20.4. The van der Waals surface area contributed by atoms with Gasteiger partial charge in [-0.15, -0.1) is 0 Å². The quantitative estimate of drug-likeness (QED) is 0.161. The van der Waals surface area contributed by atoms with Gasteiger partial charge in [-0.25, -0.2) is 9.97 Å². The van der Waals surface area contributed by atoms with E-state index in [1.165, 1.54) is 71.2 Å². The summed E-state index contributed by atoms with van der Waals surface area (Å²) in [6.45, 7) is 7.14. The highest BCUT2D eigenvalue weighted by Crippen LogP contribution is 2.58. The van der Waals surface area contributed by atoms with E-state index in [4.69, 9.17) is 9.97 Å². The van der Waals surface area contributed by atoms with Gasteiger partial charge < -0.3 is 0 Å². The van der Waals surface area contributed by atoms with Crippen LogP contribution >= 0.6 is 0 Å². The zero-order valence-corrected chi connectivity index (χ0v) is 31.6. The topological polar surface area (TPSA) is 25.8 Å². The lowest BCUT2D eigenvalue weighted by molar-refractivity contribution is 1.25. The highest BCUT2D eigenvalue weighted by atomic mass is 28.3. The third-order valence-electron chi connectivity index (χ3n) is 11.0. The summed E-state index contributed by atoms with van der Waals surface area (Å²) in [5, 5.41) is 6.47. The second-order valence-electron chi connectivity index (χ2n) is 15.3. The van der Waals surface area contributed by atoms with E-state index in [0.717, 1.165) is 33.9 Å². The van der Waals surface area contributed by atoms with Gasteiger partial charge in [0, 0.05) is 11.1 Å².